The molecule has 0 bridgehead atoms. The number of rotatable bonds is 12. The standard InChI is InChI=1S/C23H40N4O2.HI/c1-5-28-16-14-23(12-8-9-13-23)19-26-22(24-2)25-18-20-10-6-7-11-21(20)29-17-15-27(3)4;/h6-7,10-11H,5,8-9,12-19H2,1-4H3,(H2,24,25,26);1H. The minimum atomic E-state index is 0. The van der Waals surface area contributed by atoms with E-state index in [1.54, 1.807) is 0 Å². The van der Waals surface area contributed by atoms with Crippen LogP contribution in [0, 0.1) is 5.41 Å². The van der Waals surface area contributed by atoms with Crippen LogP contribution in [-0.4, -0.2) is 64.9 Å². The second kappa shape index (κ2) is 14.9. The smallest absolute Gasteiger partial charge is 0.191 e. The van der Waals surface area contributed by atoms with E-state index < -0.39 is 0 Å². The van der Waals surface area contributed by atoms with E-state index in [1.807, 2.05) is 25.2 Å². The lowest BCUT2D eigenvalue weighted by Gasteiger charge is -2.30. The molecule has 0 amide bonds. The summed E-state index contributed by atoms with van der Waals surface area (Å²) in [5.41, 5.74) is 1.47. The van der Waals surface area contributed by atoms with E-state index in [9.17, 15) is 0 Å². The molecule has 1 saturated carbocycles. The number of halogens is 1. The van der Waals surface area contributed by atoms with Gasteiger partial charge in [0.15, 0.2) is 5.96 Å². The number of aliphatic imine (C=N–C) groups is 1. The molecule has 7 heteroatoms. The highest BCUT2D eigenvalue weighted by atomic mass is 127. The Morgan fingerprint density at radius 1 is 1.13 bits per heavy atom. The fraction of sp³-hybridized carbons (Fsp3) is 0.696. The van der Waals surface area contributed by atoms with Crippen LogP contribution in [0.4, 0.5) is 0 Å². The van der Waals surface area contributed by atoms with Crippen LogP contribution in [0.5, 0.6) is 5.75 Å². The van der Waals surface area contributed by atoms with Crippen LogP contribution in [0.25, 0.3) is 0 Å². The quantitative estimate of drug-likeness (QED) is 0.185. The molecule has 0 heterocycles. The number of hydrogen-bond donors (Lipinski definition) is 2. The third-order valence-electron chi connectivity index (χ3n) is 5.71. The minimum absolute atomic E-state index is 0. The van der Waals surface area contributed by atoms with Crippen LogP contribution < -0.4 is 15.4 Å². The number of hydrogen-bond acceptors (Lipinski definition) is 4. The molecule has 6 nitrogen and oxygen atoms in total. The average molecular weight is 533 g/mol. The molecule has 0 atom stereocenters. The molecule has 172 valence electrons. The van der Waals surface area contributed by atoms with Crippen LogP contribution in [0.1, 0.15) is 44.6 Å². The van der Waals surface area contributed by atoms with Crippen molar-refractivity contribution in [3.05, 3.63) is 29.8 Å². The number of nitrogens with zero attached hydrogens (tertiary/aromatic N) is 2. The zero-order chi connectivity index (χ0) is 21.0. The van der Waals surface area contributed by atoms with Crippen LogP contribution in [-0.2, 0) is 11.3 Å². The van der Waals surface area contributed by atoms with Crippen LogP contribution in [0.2, 0.25) is 0 Å². The molecule has 1 aliphatic carbocycles. The van der Waals surface area contributed by atoms with E-state index >= 15 is 0 Å². The Balaban J connectivity index is 0.00000450. The first kappa shape index (κ1) is 27.0. The van der Waals surface area contributed by atoms with Crippen molar-refractivity contribution < 1.29 is 9.47 Å². The summed E-state index contributed by atoms with van der Waals surface area (Å²) >= 11 is 0. The topological polar surface area (TPSA) is 58.1 Å². The Bertz CT molecular complexity index is 619. The van der Waals surface area contributed by atoms with Crippen LogP contribution in [0.15, 0.2) is 29.3 Å². The van der Waals surface area contributed by atoms with Crippen molar-refractivity contribution in [2.24, 2.45) is 10.4 Å². The van der Waals surface area contributed by atoms with E-state index in [0.717, 1.165) is 50.0 Å². The van der Waals surface area contributed by atoms with E-state index in [4.69, 9.17) is 9.47 Å². The fourth-order valence-electron chi connectivity index (χ4n) is 3.87. The lowest BCUT2D eigenvalue weighted by atomic mass is 9.83. The van der Waals surface area contributed by atoms with Gasteiger partial charge in [0.1, 0.15) is 12.4 Å². The van der Waals surface area contributed by atoms with Gasteiger partial charge < -0.3 is 25.0 Å². The molecule has 0 aliphatic heterocycles. The molecule has 1 aliphatic rings. The number of nitrogens with one attached hydrogen (secondary N) is 2. The first-order valence-electron chi connectivity index (χ1n) is 11.0. The van der Waals surface area contributed by atoms with E-state index in [0.29, 0.717) is 18.6 Å². The zero-order valence-electron chi connectivity index (χ0n) is 19.2. The van der Waals surface area contributed by atoms with Crippen molar-refractivity contribution in [3.63, 3.8) is 0 Å². The Morgan fingerprint density at radius 3 is 2.53 bits per heavy atom. The first-order valence-corrected chi connectivity index (χ1v) is 11.0. The molecule has 1 fully saturated rings. The molecule has 1 aromatic rings. The van der Waals surface area contributed by atoms with Crippen molar-refractivity contribution in [2.75, 3.05) is 54.1 Å². The maximum absolute atomic E-state index is 5.97. The van der Waals surface area contributed by atoms with Crippen molar-refractivity contribution in [2.45, 2.75) is 45.6 Å². The second-order valence-electron chi connectivity index (χ2n) is 8.19. The molecule has 0 saturated heterocycles. The number of para-hydroxylation sites is 1. The van der Waals surface area contributed by atoms with Gasteiger partial charge in [-0.1, -0.05) is 31.0 Å². The first-order chi connectivity index (χ1) is 14.1. The largest absolute Gasteiger partial charge is 0.492 e. The van der Waals surface area contributed by atoms with Gasteiger partial charge in [-0.2, -0.15) is 0 Å². The highest BCUT2D eigenvalue weighted by Gasteiger charge is 2.33. The van der Waals surface area contributed by atoms with E-state index in [-0.39, 0.29) is 24.0 Å². The summed E-state index contributed by atoms with van der Waals surface area (Å²) in [6.45, 7) is 6.91. The highest BCUT2D eigenvalue weighted by molar-refractivity contribution is 14.0. The van der Waals surface area contributed by atoms with E-state index in [2.05, 4.69) is 47.6 Å². The molecular formula is C23H41IN4O2. The minimum Gasteiger partial charge on any atom is -0.492 e. The summed E-state index contributed by atoms with van der Waals surface area (Å²) < 4.78 is 11.6. The van der Waals surface area contributed by atoms with Gasteiger partial charge in [0.05, 0.1) is 0 Å². The second-order valence-corrected chi connectivity index (χ2v) is 8.19. The summed E-state index contributed by atoms with van der Waals surface area (Å²) in [6.07, 6.45) is 6.29. The van der Waals surface area contributed by atoms with Gasteiger partial charge in [0, 0.05) is 45.5 Å². The Hall–Kier alpha value is -1.06. The SMILES string of the molecule is CCOCCC1(CNC(=NC)NCc2ccccc2OCCN(C)C)CCCC1.I. The molecule has 1 aromatic carbocycles. The molecule has 0 spiro atoms. The summed E-state index contributed by atoms with van der Waals surface area (Å²) in [7, 11) is 5.94. The molecule has 2 N–H and O–H groups in total. The van der Waals surface area contributed by atoms with Gasteiger partial charge in [-0.25, -0.2) is 0 Å². The summed E-state index contributed by atoms with van der Waals surface area (Å²) in [4.78, 5) is 6.54. The lowest BCUT2D eigenvalue weighted by Crippen LogP contribution is -2.43. The summed E-state index contributed by atoms with van der Waals surface area (Å²) in [5, 5.41) is 7.01. The van der Waals surface area contributed by atoms with Crippen molar-refractivity contribution >= 4 is 29.9 Å². The Kier molecular flexibility index (Phi) is 13.4. The highest BCUT2D eigenvalue weighted by Crippen LogP contribution is 2.40. The average Bonchev–Trinajstić information content (AvgIpc) is 3.18. The van der Waals surface area contributed by atoms with Crippen LogP contribution >= 0.6 is 24.0 Å². The Labute approximate surface area is 200 Å². The number of ether oxygens (including phenoxy) is 2. The predicted octanol–water partition coefficient (Wildman–Crippen LogP) is 3.90. The number of guanidine groups is 1. The van der Waals surface area contributed by atoms with E-state index in [1.165, 1.54) is 25.7 Å². The fourth-order valence-corrected chi connectivity index (χ4v) is 3.87. The number of benzene rings is 1. The normalized spacial score (nSPS) is 15.7. The van der Waals surface area contributed by atoms with Gasteiger partial charge >= 0.3 is 0 Å². The van der Waals surface area contributed by atoms with Crippen molar-refractivity contribution in [1.82, 2.24) is 15.5 Å². The molecule has 0 aromatic heterocycles. The van der Waals surface area contributed by atoms with Gasteiger partial charge in [-0.15, -0.1) is 24.0 Å². The monoisotopic (exact) mass is 532 g/mol. The maximum Gasteiger partial charge on any atom is 0.191 e. The summed E-state index contributed by atoms with van der Waals surface area (Å²) in [5.74, 6) is 1.78. The van der Waals surface area contributed by atoms with Gasteiger partial charge in [-0.05, 0) is 51.8 Å². The third-order valence-corrected chi connectivity index (χ3v) is 5.71. The zero-order valence-corrected chi connectivity index (χ0v) is 21.5. The Morgan fingerprint density at radius 2 is 1.87 bits per heavy atom. The summed E-state index contributed by atoms with van der Waals surface area (Å²) in [6, 6.07) is 8.20. The van der Waals surface area contributed by atoms with Gasteiger partial charge in [-0.3, -0.25) is 4.99 Å². The van der Waals surface area contributed by atoms with Gasteiger partial charge in [0.2, 0.25) is 0 Å². The maximum atomic E-state index is 5.97. The molecule has 0 radical (unpaired) electrons. The predicted molar refractivity (Wildman–Crippen MR) is 136 cm³/mol. The number of likely N-dealkylation sites (N-methyl/N-ethyl adjacent to an activating group) is 1. The van der Waals surface area contributed by atoms with Crippen LogP contribution in [0.3, 0.4) is 0 Å². The van der Waals surface area contributed by atoms with Gasteiger partial charge in [0.25, 0.3) is 0 Å². The lowest BCUT2D eigenvalue weighted by molar-refractivity contribution is 0.105. The molecule has 0 unspecified atom stereocenters. The molecular weight excluding hydrogens is 491 g/mol. The van der Waals surface area contributed by atoms with Crippen molar-refractivity contribution in [1.29, 1.82) is 0 Å². The molecule has 30 heavy (non-hydrogen) atoms. The molecule has 2 rings (SSSR count). The van der Waals surface area contributed by atoms with Crippen molar-refractivity contribution in [3.8, 4) is 5.75 Å². The third kappa shape index (κ3) is 9.39.